The molecule has 0 N–H and O–H groups in total. The lowest BCUT2D eigenvalue weighted by atomic mass is 10.1. The van der Waals surface area contributed by atoms with Crippen LogP contribution in [0.1, 0.15) is 0 Å². The summed E-state index contributed by atoms with van der Waals surface area (Å²) in [6, 6.07) is 16.7. The van der Waals surface area contributed by atoms with Crippen LogP contribution >= 0.6 is 11.8 Å². The average molecular weight is 214 g/mol. The zero-order valence-electron chi connectivity index (χ0n) is 8.60. The Hall–Kier alpha value is -1.47. The first-order valence-electron chi connectivity index (χ1n) is 4.69. The van der Waals surface area contributed by atoms with Crippen molar-refractivity contribution in [2.24, 2.45) is 0 Å². The Kier molecular flexibility index (Phi) is 5.34. The highest BCUT2D eigenvalue weighted by Gasteiger charge is 1.85. The van der Waals surface area contributed by atoms with E-state index in [0.29, 0.717) is 0 Å². The lowest BCUT2D eigenvalue weighted by Gasteiger charge is -1.92. The number of rotatable bonds is 2. The van der Waals surface area contributed by atoms with Gasteiger partial charge in [0.05, 0.1) is 0 Å². The van der Waals surface area contributed by atoms with Gasteiger partial charge in [0.15, 0.2) is 0 Å². The van der Waals surface area contributed by atoms with E-state index in [9.17, 15) is 0 Å². The van der Waals surface area contributed by atoms with Crippen LogP contribution in [0.25, 0.3) is 10.8 Å². The zero-order chi connectivity index (χ0) is 10.9. The smallest absolute Gasteiger partial charge is 0.0184 e. The fraction of sp³-hybridized carbons (Fsp3) is 0. The predicted molar refractivity (Wildman–Crippen MR) is 71.9 cm³/mol. The largest absolute Gasteiger partial charge is 0.107 e. The van der Waals surface area contributed by atoms with Crippen LogP contribution < -0.4 is 0 Å². The van der Waals surface area contributed by atoms with Crippen LogP contribution in [0.2, 0.25) is 0 Å². The van der Waals surface area contributed by atoms with E-state index in [-0.39, 0.29) is 0 Å². The highest BCUT2D eigenvalue weighted by Crippen LogP contribution is 2.11. The summed E-state index contributed by atoms with van der Waals surface area (Å²) in [5.41, 5.74) is 0. The Labute approximate surface area is 95.3 Å². The summed E-state index contributed by atoms with van der Waals surface area (Å²) in [7, 11) is 0. The molecule has 2 aromatic rings. The lowest BCUT2D eigenvalue weighted by molar-refractivity contribution is 1.75. The zero-order valence-corrected chi connectivity index (χ0v) is 9.41. The molecule has 0 unspecified atom stereocenters. The maximum Gasteiger partial charge on any atom is -0.0184 e. The van der Waals surface area contributed by atoms with Crippen molar-refractivity contribution < 1.29 is 0 Å². The molecule has 2 rings (SSSR count). The molecular formula is C14H14S. The molecule has 0 amide bonds. The molecule has 0 saturated carbocycles. The minimum Gasteiger partial charge on any atom is -0.107 e. The highest BCUT2D eigenvalue weighted by atomic mass is 32.2. The molecule has 2 aromatic carbocycles. The lowest BCUT2D eigenvalue weighted by Crippen LogP contribution is -1.67. The fourth-order valence-electron chi connectivity index (χ4n) is 1.20. The Morgan fingerprint density at radius 3 is 1.27 bits per heavy atom. The van der Waals surface area contributed by atoms with E-state index < -0.39 is 0 Å². The van der Waals surface area contributed by atoms with E-state index in [1.807, 2.05) is 0 Å². The monoisotopic (exact) mass is 214 g/mol. The van der Waals surface area contributed by atoms with Crippen molar-refractivity contribution in [3.8, 4) is 0 Å². The summed E-state index contributed by atoms with van der Waals surface area (Å²) < 4.78 is 0. The van der Waals surface area contributed by atoms with Crippen LogP contribution in [0.4, 0.5) is 0 Å². The maximum absolute atomic E-state index is 3.44. The van der Waals surface area contributed by atoms with E-state index >= 15 is 0 Å². The molecular weight excluding hydrogens is 200 g/mol. The number of thioether (sulfide) groups is 1. The molecule has 0 aliphatic carbocycles. The van der Waals surface area contributed by atoms with Crippen molar-refractivity contribution in [1.29, 1.82) is 0 Å². The van der Waals surface area contributed by atoms with E-state index in [2.05, 4.69) is 61.7 Å². The van der Waals surface area contributed by atoms with Crippen LogP contribution in [0.5, 0.6) is 0 Å². The SMILES string of the molecule is C=CSC=C.c1ccc2ccccc2c1. The summed E-state index contributed by atoms with van der Waals surface area (Å²) in [6.07, 6.45) is 0. The Morgan fingerprint density at radius 1 is 0.733 bits per heavy atom. The van der Waals surface area contributed by atoms with Gasteiger partial charge in [0.1, 0.15) is 0 Å². The normalized spacial score (nSPS) is 8.80. The van der Waals surface area contributed by atoms with Gasteiger partial charge in [0.2, 0.25) is 0 Å². The Balaban J connectivity index is 0.000000195. The van der Waals surface area contributed by atoms with Crippen molar-refractivity contribution >= 4 is 22.5 Å². The summed E-state index contributed by atoms with van der Waals surface area (Å²) >= 11 is 1.49. The first-order chi connectivity index (χ1) is 7.38. The van der Waals surface area contributed by atoms with E-state index in [1.165, 1.54) is 22.5 Å². The molecule has 0 nitrogen and oxygen atoms in total. The topological polar surface area (TPSA) is 0 Å². The van der Waals surface area contributed by atoms with Crippen molar-refractivity contribution in [1.82, 2.24) is 0 Å². The Morgan fingerprint density at radius 2 is 1.07 bits per heavy atom. The van der Waals surface area contributed by atoms with Crippen LogP contribution in [-0.2, 0) is 0 Å². The standard InChI is InChI=1S/C10H8.C4H6S/c1-2-6-10-8-4-3-7-9(10)5-1;1-3-5-4-2/h1-8H;3-4H,1-2H2. The van der Waals surface area contributed by atoms with Crippen LogP contribution in [0, 0.1) is 0 Å². The van der Waals surface area contributed by atoms with Gasteiger partial charge in [0.25, 0.3) is 0 Å². The van der Waals surface area contributed by atoms with E-state index in [1.54, 1.807) is 10.8 Å². The molecule has 0 aliphatic heterocycles. The summed E-state index contributed by atoms with van der Waals surface area (Å²) in [6.45, 7) is 6.88. The summed E-state index contributed by atoms with van der Waals surface area (Å²) in [4.78, 5) is 0. The van der Waals surface area contributed by atoms with Gasteiger partial charge in [-0.25, -0.2) is 0 Å². The van der Waals surface area contributed by atoms with Gasteiger partial charge in [-0.15, -0.1) is 11.8 Å². The molecule has 0 atom stereocenters. The van der Waals surface area contributed by atoms with Gasteiger partial charge < -0.3 is 0 Å². The Bertz CT molecular complexity index is 361. The third kappa shape index (κ3) is 4.05. The molecule has 0 aromatic heterocycles. The van der Waals surface area contributed by atoms with Crippen molar-refractivity contribution in [3.05, 3.63) is 72.5 Å². The molecule has 0 saturated heterocycles. The first kappa shape index (κ1) is 11.6. The van der Waals surface area contributed by atoms with Crippen LogP contribution in [-0.4, -0.2) is 0 Å². The molecule has 15 heavy (non-hydrogen) atoms. The molecule has 0 aliphatic rings. The van der Waals surface area contributed by atoms with Crippen molar-refractivity contribution in [2.45, 2.75) is 0 Å². The second-order valence-corrected chi connectivity index (χ2v) is 3.76. The van der Waals surface area contributed by atoms with Crippen LogP contribution in [0.15, 0.2) is 72.5 Å². The molecule has 0 radical (unpaired) electrons. The minimum absolute atomic E-state index is 1.31. The van der Waals surface area contributed by atoms with Crippen LogP contribution in [0.3, 0.4) is 0 Å². The highest BCUT2D eigenvalue weighted by molar-refractivity contribution is 8.04. The van der Waals surface area contributed by atoms with Gasteiger partial charge in [0, 0.05) is 0 Å². The number of benzene rings is 2. The first-order valence-corrected chi connectivity index (χ1v) is 5.64. The second kappa shape index (κ2) is 6.91. The maximum atomic E-state index is 3.44. The molecule has 76 valence electrons. The average Bonchev–Trinajstić information content (AvgIpc) is 2.31. The third-order valence-corrected chi connectivity index (χ3v) is 2.24. The molecule has 0 spiro atoms. The quantitative estimate of drug-likeness (QED) is 0.689. The van der Waals surface area contributed by atoms with E-state index in [0.717, 1.165) is 0 Å². The van der Waals surface area contributed by atoms with Gasteiger partial charge in [-0.05, 0) is 21.6 Å². The third-order valence-electron chi connectivity index (χ3n) is 1.85. The van der Waals surface area contributed by atoms with Gasteiger partial charge >= 0.3 is 0 Å². The molecule has 0 fully saturated rings. The van der Waals surface area contributed by atoms with Crippen molar-refractivity contribution in [2.75, 3.05) is 0 Å². The molecule has 1 heteroatoms. The van der Waals surface area contributed by atoms with Crippen molar-refractivity contribution in [3.63, 3.8) is 0 Å². The summed E-state index contributed by atoms with van der Waals surface area (Å²) in [5, 5.41) is 6.08. The summed E-state index contributed by atoms with van der Waals surface area (Å²) in [5.74, 6) is 0. The number of hydrogen-bond acceptors (Lipinski definition) is 1. The van der Waals surface area contributed by atoms with Gasteiger partial charge in [-0.3, -0.25) is 0 Å². The second-order valence-electron chi connectivity index (χ2n) is 2.82. The molecule has 0 bridgehead atoms. The fourth-order valence-corrected chi connectivity index (χ4v) is 1.34. The number of fused-ring (bicyclic) bond motifs is 1. The minimum atomic E-state index is 1.31. The van der Waals surface area contributed by atoms with Gasteiger partial charge in [-0.2, -0.15) is 0 Å². The number of hydrogen-bond donors (Lipinski definition) is 0. The van der Waals surface area contributed by atoms with E-state index in [4.69, 9.17) is 0 Å². The molecule has 0 heterocycles. The predicted octanol–water partition coefficient (Wildman–Crippen LogP) is 4.85. The van der Waals surface area contributed by atoms with Gasteiger partial charge in [-0.1, -0.05) is 61.7 Å².